The maximum absolute atomic E-state index is 15.7. The molecule has 15 atom stereocenters. The van der Waals surface area contributed by atoms with E-state index in [4.69, 9.17) is 28.3 Å². The van der Waals surface area contributed by atoms with Crippen molar-refractivity contribution in [3.8, 4) is 0 Å². The van der Waals surface area contributed by atoms with Crippen LogP contribution in [0.1, 0.15) is 161 Å². The fourth-order valence-corrected chi connectivity index (χ4v) is 17.6. The Balaban J connectivity index is 1.20. The van der Waals surface area contributed by atoms with E-state index < -0.39 is 241 Å². The van der Waals surface area contributed by atoms with Crippen molar-refractivity contribution in [1.82, 2.24) is 93.0 Å². The molecule has 0 saturated carbocycles. The molecule has 135 heavy (non-hydrogen) atoms. The van der Waals surface area contributed by atoms with E-state index in [1.54, 1.807) is 86.9 Å². The number of benzene rings is 3. The van der Waals surface area contributed by atoms with Gasteiger partial charge in [0.25, 0.3) is 0 Å². The van der Waals surface area contributed by atoms with Crippen LogP contribution in [-0.2, 0) is 106 Å². The second kappa shape index (κ2) is 50.5. The van der Waals surface area contributed by atoms with Gasteiger partial charge in [-0.25, -0.2) is 0 Å². The smallest absolute Gasteiger partial charge is 0.246 e. The van der Waals surface area contributed by atoms with Gasteiger partial charge >= 0.3 is 0 Å². The quantitative estimate of drug-likeness (QED) is 0.0165. The molecule has 3 saturated heterocycles. The minimum absolute atomic E-state index is 0.00519. The predicted molar refractivity (Wildman–Crippen MR) is 504 cm³/mol. The minimum Gasteiger partial charge on any atom is -0.394 e. The van der Waals surface area contributed by atoms with Crippen LogP contribution in [0.2, 0.25) is 0 Å². The van der Waals surface area contributed by atoms with E-state index in [9.17, 15) is 48.6 Å². The van der Waals surface area contributed by atoms with Crippen LogP contribution in [0.5, 0.6) is 0 Å². The zero-order valence-electron chi connectivity index (χ0n) is 78.6. The number of hydrogen-bond donors (Lipinski definition) is 20. The van der Waals surface area contributed by atoms with Gasteiger partial charge in [-0.05, 0) is 97.6 Å². The van der Waals surface area contributed by atoms with E-state index in [0.717, 1.165) is 41.8 Å². The number of likely N-dealkylation sites (N-methyl/N-ethyl adjacent to an activating group) is 3. The highest BCUT2D eigenvalue weighted by Gasteiger charge is 2.47. The zero-order chi connectivity index (χ0) is 99.4. The summed E-state index contributed by atoms with van der Waals surface area (Å²) in [6, 6.07) is -0.414. The normalized spacial score (nSPS) is 24.9. The third-order valence-electron chi connectivity index (χ3n) is 24.5. The molecule has 1 unspecified atom stereocenters. The number of aromatic amines is 2. The van der Waals surface area contributed by atoms with Gasteiger partial charge in [-0.1, -0.05) is 135 Å². The molecule has 3 fully saturated rings. The summed E-state index contributed by atoms with van der Waals surface area (Å²) in [5, 5.41) is 60.7. The van der Waals surface area contributed by atoms with Gasteiger partial charge in [0.15, 0.2) is 5.96 Å². The highest BCUT2D eigenvalue weighted by Crippen LogP contribution is 2.29. The molecule has 5 heterocycles. The van der Waals surface area contributed by atoms with E-state index in [0.29, 0.717) is 64.2 Å². The fourth-order valence-electron chi connectivity index (χ4n) is 16.7. The van der Waals surface area contributed by atoms with E-state index in [-0.39, 0.29) is 95.1 Å². The number of H-pyrrole nitrogens is 2. The number of primary amides is 2. The standard InChI is InChI=1S/C92H135N23O19S/c1-12-14-27-70-83(127)103-61(26-20-34-98-91(96)97)79(123)110-69(78(122)101-45-75(95)119)48-135-49-76(120)102-64(37-52-30-32-55(33-31-52)92(6,7)8)86(130)111(9)51(5)77(121)105-66(41-74(94)118)88(132)114-35-21-29-71(114)84(128)108-67(42-93)81(125)106-63(36-50(3)4)89(133)115-46-56(117)40-73(115)85(129)104-62(38-53-43-99-59-24-18-16-22-57(53)59)80(124)109-68(47-116)82(126)107-65(39-54-44-100-60-25-19-17-23-58(54)60)87(131)113(11)72(28-15-13-2)90(134)112(70)10/h16-19,22-25,30-33,43-44,50-51,56,61-73,99-100,116-117H,12-15,20-21,26-29,34-42,45-49,93H2,1-11H3,(H2,94,118)(H2,95,119)(H,101,122)(H,102,120)(H,103,127)(H,104,129)(H,105,121)(H,106,125)(H,107,126)(H,108,128)(H,109,124)(H,110,123)(H4,96,97,98)/t51-,56+,61-,62-,63-,64-,65-,66-,67-,68-,69-,70-,71-,72-,73?/m0/s1. The minimum atomic E-state index is -1.89. The topological polar surface area (TPSA) is 639 Å². The second-order valence-corrected chi connectivity index (χ2v) is 37.2. The summed E-state index contributed by atoms with van der Waals surface area (Å²) in [6.07, 6.45) is 1.51. The number of fused-ring (bicyclic) bond motifs is 4. The number of para-hydroxylation sites is 2. The molecule has 738 valence electrons. The average molecular weight is 1900 g/mol. The Morgan fingerprint density at radius 3 is 1.65 bits per heavy atom. The van der Waals surface area contributed by atoms with Crippen molar-refractivity contribution in [2.45, 2.75) is 254 Å². The molecule has 0 radical (unpaired) electrons. The molecule has 43 heteroatoms. The Morgan fingerprint density at radius 2 is 1.07 bits per heavy atom. The van der Waals surface area contributed by atoms with Gasteiger partial charge in [-0.3, -0.25) is 86.9 Å². The number of carbonyl (C=O) groups is 17. The van der Waals surface area contributed by atoms with Crippen LogP contribution in [0.4, 0.5) is 0 Å². The predicted octanol–water partition coefficient (Wildman–Crippen LogP) is -2.34. The number of aliphatic hydroxyl groups is 2. The van der Waals surface area contributed by atoms with Crippen LogP contribution < -0.4 is 81.4 Å². The number of guanidine groups is 1. The number of nitrogens with zero attached hydrogens (tertiary/aromatic N) is 5. The highest BCUT2D eigenvalue weighted by atomic mass is 32.2. The first-order valence-electron chi connectivity index (χ1n) is 45.8. The van der Waals surface area contributed by atoms with Gasteiger partial charge in [0, 0.05) is 113 Å². The van der Waals surface area contributed by atoms with Gasteiger partial charge < -0.3 is 126 Å². The first-order valence-corrected chi connectivity index (χ1v) is 47.0. The third kappa shape index (κ3) is 30.1. The Kier molecular flexibility index (Phi) is 40.3. The zero-order valence-corrected chi connectivity index (χ0v) is 79.4. The maximum atomic E-state index is 15.7. The number of nitrogens with two attached hydrogens (primary N) is 4. The van der Waals surface area contributed by atoms with E-state index in [2.05, 4.69) is 68.5 Å². The van der Waals surface area contributed by atoms with E-state index in [1.165, 1.54) is 28.1 Å². The highest BCUT2D eigenvalue weighted by molar-refractivity contribution is 8.00. The molecule has 2 aromatic heterocycles. The lowest BCUT2D eigenvalue weighted by Gasteiger charge is -2.36. The Bertz CT molecular complexity index is 5060. The van der Waals surface area contributed by atoms with Crippen LogP contribution in [0.15, 0.2) is 85.2 Å². The van der Waals surface area contributed by atoms with Gasteiger partial charge in [0.2, 0.25) is 100 Å². The molecule has 0 spiro atoms. The van der Waals surface area contributed by atoms with E-state index in [1.807, 2.05) is 46.8 Å². The summed E-state index contributed by atoms with van der Waals surface area (Å²) in [4.78, 5) is 261. The van der Waals surface area contributed by atoms with Gasteiger partial charge in [0.1, 0.15) is 84.6 Å². The molecule has 0 aliphatic carbocycles. The van der Waals surface area contributed by atoms with Crippen molar-refractivity contribution in [3.05, 3.63) is 107 Å². The van der Waals surface area contributed by atoms with Crippen molar-refractivity contribution in [1.29, 1.82) is 5.41 Å². The summed E-state index contributed by atoms with van der Waals surface area (Å²) < 4.78 is 0. The van der Waals surface area contributed by atoms with Crippen LogP contribution in [0.3, 0.4) is 0 Å². The molecular formula is C92H135N23O19S. The lowest BCUT2D eigenvalue weighted by molar-refractivity contribution is -0.149. The lowest BCUT2D eigenvalue weighted by atomic mass is 9.86. The number of unbranched alkanes of at least 4 members (excludes halogenated alkanes) is 2. The third-order valence-corrected chi connectivity index (χ3v) is 25.5. The second-order valence-electron chi connectivity index (χ2n) is 36.2. The van der Waals surface area contributed by atoms with E-state index >= 15 is 43.2 Å². The molecule has 3 aromatic carbocycles. The SMILES string of the molecule is CCCC[C@H]1C(=O)N(C)[C@@H](CCCC)C(=O)N[C@@H](CCCNC(=N)N)C(=O)N[C@H](C(=O)NCC(N)=O)CSCC(=O)N[C@@H](Cc2ccc(C(C)(C)C)cc2)C(=O)N(C)[C@@H](C)C(=O)N[C@@H](CC(N)=O)C(=O)N2CCC[C@H]2C(=O)N[C@@H](CN)C(=O)N[C@@H](CC(C)C)C(=O)N2C[C@H](O)CC2C(=O)N[C@@H](Cc2c[nH]c3ccccc23)C(=O)N[C@@H](CO)C(=O)N[C@@H](Cc2c[nH]c3ccccc23)C(=O)N1C. The average Bonchev–Trinajstić information content (AvgIpc) is 1.71. The maximum Gasteiger partial charge on any atom is 0.246 e. The summed E-state index contributed by atoms with van der Waals surface area (Å²) in [7, 11) is 3.96. The molecule has 42 nitrogen and oxygen atoms in total. The molecule has 24 N–H and O–H groups in total. The van der Waals surface area contributed by atoms with Crippen LogP contribution in [-0.4, -0.2) is 314 Å². The largest absolute Gasteiger partial charge is 0.394 e. The van der Waals surface area contributed by atoms with Crippen LogP contribution in [0, 0.1) is 11.3 Å². The fraction of sp³-hybridized carbons (Fsp3) is 0.565. The first kappa shape index (κ1) is 108. The molecular weight excluding hydrogens is 1760 g/mol. The van der Waals surface area contributed by atoms with Gasteiger partial charge in [-0.2, -0.15) is 0 Å². The summed E-state index contributed by atoms with van der Waals surface area (Å²) in [6.45, 7) is 11.5. The van der Waals surface area contributed by atoms with Crippen LogP contribution in [0.25, 0.3) is 21.8 Å². The number of amides is 17. The Hall–Kier alpha value is -12.8. The number of aromatic nitrogens is 2. The van der Waals surface area contributed by atoms with Crippen molar-refractivity contribution >= 4 is 140 Å². The number of thioether (sulfide) groups is 1. The number of carbonyl (C=O) groups excluding carboxylic acids is 17. The van der Waals surface area contributed by atoms with Crippen LogP contribution >= 0.6 is 11.8 Å². The number of aliphatic hydroxyl groups excluding tert-OH is 2. The molecule has 8 rings (SSSR count). The summed E-state index contributed by atoms with van der Waals surface area (Å²) >= 11 is 0.794. The Morgan fingerprint density at radius 1 is 0.548 bits per heavy atom. The van der Waals surface area contributed by atoms with Crippen molar-refractivity contribution in [3.63, 3.8) is 0 Å². The molecule has 3 aliphatic heterocycles. The van der Waals surface area contributed by atoms with Crippen molar-refractivity contribution in [2.24, 2.45) is 28.9 Å². The summed E-state index contributed by atoms with van der Waals surface area (Å²) in [5.41, 5.74) is 26.5. The lowest BCUT2D eigenvalue weighted by Crippen LogP contribution is -2.62. The monoisotopic (exact) mass is 1900 g/mol. The summed E-state index contributed by atoms with van der Waals surface area (Å²) in [5.74, 6) is -17.6. The van der Waals surface area contributed by atoms with Gasteiger partial charge in [0.05, 0.1) is 31.4 Å². The molecule has 0 bridgehead atoms. The number of rotatable bonds is 25. The molecule has 3 aliphatic rings. The molecule has 5 aromatic rings. The first-order chi connectivity index (χ1) is 64.0. The molecule has 17 amide bonds. The van der Waals surface area contributed by atoms with Gasteiger partial charge in [-0.15, -0.1) is 11.8 Å². The van der Waals surface area contributed by atoms with Crippen molar-refractivity contribution < 1.29 is 91.7 Å². The Labute approximate surface area is 788 Å². The number of hydrogen-bond acceptors (Lipinski definition) is 22. The number of nitrogens with one attached hydrogen (secondary N) is 14. The van der Waals surface area contributed by atoms with Crippen molar-refractivity contribution in [2.75, 3.05) is 72.0 Å².